The second-order valence-electron chi connectivity index (χ2n) is 6.53. The Morgan fingerprint density at radius 3 is 2.69 bits per heavy atom. The fourth-order valence-electron chi connectivity index (χ4n) is 3.17. The first-order valence-electron chi connectivity index (χ1n) is 8.73. The predicted molar refractivity (Wildman–Crippen MR) is 105 cm³/mol. The molecule has 5 heteroatoms. The van der Waals surface area contributed by atoms with Crippen molar-refractivity contribution in [2.24, 2.45) is 0 Å². The van der Waals surface area contributed by atoms with E-state index in [2.05, 4.69) is 11.4 Å². The van der Waals surface area contributed by atoms with Crippen molar-refractivity contribution < 1.29 is 9.47 Å². The van der Waals surface area contributed by atoms with Gasteiger partial charge in [-0.15, -0.1) is 0 Å². The average molecular weight is 369 g/mol. The highest BCUT2D eigenvalue weighted by Gasteiger charge is 2.22. The second kappa shape index (κ2) is 7.14. The molecule has 0 saturated heterocycles. The number of pyridine rings is 1. The molecule has 134 valence electrons. The van der Waals surface area contributed by atoms with E-state index in [9.17, 15) is 0 Å². The summed E-state index contributed by atoms with van der Waals surface area (Å²) in [6.07, 6.45) is 2.49. The lowest BCUT2D eigenvalue weighted by Gasteiger charge is -2.16. The van der Waals surface area contributed by atoms with Crippen LogP contribution in [0.3, 0.4) is 0 Å². The number of aromatic nitrogens is 1. The van der Waals surface area contributed by atoms with Gasteiger partial charge >= 0.3 is 0 Å². The highest BCUT2D eigenvalue weighted by molar-refractivity contribution is 6.31. The summed E-state index contributed by atoms with van der Waals surface area (Å²) in [4.78, 5) is 4.93. The smallest absolute Gasteiger partial charge is 0.170 e. The number of methoxy groups -OCH3 is 2. The van der Waals surface area contributed by atoms with Gasteiger partial charge in [0.1, 0.15) is 0 Å². The van der Waals surface area contributed by atoms with E-state index in [-0.39, 0.29) is 0 Å². The van der Waals surface area contributed by atoms with Gasteiger partial charge in [0.2, 0.25) is 0 Å². The molecule has 0 amide bonds. The normalized spacial score (nSPS) is 13.8. The van der Waals surface area contributed by atoms with Gasteiger partial charge in [-0.05, 0) is 48.7 Å². The Bertz CT molecular complexity index is 954. The molecule has 0 spiro atoms. The molecule has 0 unspecified atom stereocenters. The summed E-state index contributed by atoms with van der Waals surface area (Å²) < 4.78 is 11.1. The standard InChI is InChI=1S/C21H21ClN2O2/c1-25-19-5-3-4-17(21(19)26-2)20-14(12-23-16-8-9-16)10-13-6-7-15(22)11-18(13)24-20/h3-7,10-11,16,23H,8-9,12H2,1-2H3. The molecule has 0 atom stereocenters. The number of fused-ring (bicyclic) bond motifs is 1. The van der Waals surface area contributed by atoms with Crippen molar-refractivity contribution in [1.82, 2.24) is 10.3 Å². The Morgan fingerprint density at radius 2 is 1.96 bits per heavy atom. The monoisotopic (exact) mass is 368 g/mol. The zero-order valence-corrected chi connectivity index (χ0v) is 15.6. The number of halogens is 1. The topological polar surface area (TPSA) is 43.4 Å². The van der Waals surface area contributed by atoms with E-state index >= 15 is 0 Å². The molecule has 2 aromatic carbocycles. The number of rotatable bonds is 6. The second-order valence-corrected chi connectivity index (χ2v) is 6.97. The summed E-state index contributed by atoms with van der Waals surface area (Å²) >= 11 is 6.18. The molecule has 3 aromatic rings. The van der Waals surface area contributed by atoms with Crippen molar-refractivity contribution in [2.45, 2.75) is 25.4 Å². The maximum atomic E-state index is 6.18. The average Bonchev–Trinajstić information content (AvgIpc) is 3.49. The van der Waals surface area contributed by atoms with Gasteiger partial charge in [0.15, 0.2) is 11.5 Å². The number of ether oxygens (including phenoxy) is 2. The van der Waals surface area contributed by atoms with Gasteiger partial charge in [-0.3, -0.25) is 0 Å². The van der Waals surface area contributed by atoms with Gasteiger partial charge < -0.3 is 14.8 Å². The van der Waals surface area contributed by atoms with Gasteiger partial charge in [0.05, 0.1) is 25.4 Å². The van der Waals surface area contributed by atoms with Gasteiger partial charge in [-0.2, -0.15) is 0 Å². The van der Waals surface area contributed by atoms with E-state index in [0.717, 1.165) is 34.3 Å². The summed E-state index contributed by atoms with van der Waals surface area (Å²) in [6.45, 7) is 0.770. The quantitative estimate of drug-likeness (QED) is 0.677. The van der Waals surface area contributed by atoms with Crippen molar-refractivity contribution >= 4 is 22.5 Å². The molecular formula is C21H21ClN2O2. The summed E-state index contributed by atoms with van der Waals surface area (Å²) in [6, 6.07) is 14.5. The number of hydrogen-bond donors (Lipinski definition) is 1. The molecule has 0 bridgehead atoms. The lowest BCUT2D eigenvalue weighted by molar-refractivity contribution is 0.356. The number of benzene rings is 2. The Kier molecular flexibility index (Phi) is 4.70. The Labute approximate surface area is 158 Å². The van der Waals surface area contributed by atoms with E-state index in [1.807, 2.05) is 36.4 Å². The van der Waals surface area contributed by atoms with Crippen molar-refractivity contribution in [2.75, 3.05) is 14.2 Å². The third kappa shape index (κ3) is 3.35. The first kappa shape index (κ1) is 17.1. The minimum Gasteiger partial charge on any atom is -0.493 e. The number of hydrogen-bond acceptors (Lipinski definition) is 4. The molecule has 4 rings (SSSR count). The molecule has 26 heavy (non-hydrogen) atoms. The van der Waals surface area contributed by atoms with Crippen LogP contribution in [0.15, 0.2) is 42.5 Å². The molecule has 1 aromatic heterocycles. The van der Waals surface area contributed by atoms with E-state index in [4.69, 9.17) is 26.1 Å². The lowest BCUT2D eigenvalue weighted by atomic mass is 10.0. The number of para-hydroxylation sites is 1. The van der Waals surface area contributed by atoms with Crippen LogP contribution >= 0.6 is 11.6 Å². The molecule has 0 aliphatic heterocycles. The minimum atomic E-state index is 0.621. The lowest BCUT2D eigenvalue weighted by Crippen LogP contribution is -2.16. The molecule has 1 fully saturated rings. The van der Waals surface area contributed by atoms with Crippen LogP contribution in [-0.2, 0) is 6.54 Å². The fourth-order valence-corrected chi connectivity index (χ4v) is 3.33. The maximum absolute atomic E-state index is 6.18. The van der Waals surface area contributed by atoms with Crippen LogP contribution in [-0.4, -0.2) is 25.2 Å². The Hall–Kier alpha value is -2.30. The molecule has 1 aliphatic carbocycles. The Balaban J connectivity index is 1.89. The van der Waals surface area contributed by atoms with E-state index < -0.39 is 0 Å². The molecule has 1 heterocycles. The number of nitrogens with one attached hydrogen (secondary N) is 1. The van der Waals surface area contributed by atoms with Crippen LogP contribution in [0.1, 0.15) is 18.4 Å². The van der Waals surface area contributed by atoms with Crippen molar-refractivity contribution in [3.05, 3.63) is 53.1 Å². The third-order valence-corrected chi connectivity index (χ3v) is 4.91. The fraction of sp³-hybridized carbons (Fsp3) is 0.286. The van der Waals surface area contributed by atoms with Crippen LogP contribution in [0.2, 0.25) is 5.02 Å². The molecular weight excluding hydrogens is 348 g/mol. The maximum Gasteiger partial charge on any atom is 0.170 e. The van der Waals surface area contributed by atoms with Gasteiger partial charge in [0, 0.05) is 28.6 Å². The summed E-state index contributed by atoms with van der Waals surface area (Å²) in [5, 5.41) is 5.34. The zero-order chi connectivity index (χ0) is 18.1. The van der Waals surface area contributed by atoms with E-state index in [0.29, 0.717) is 22.6 Å². The van der Waals surface area contributed by atoms with Gasteiger partial charge in [0.25, 0.3) is 0 Å². The van der Waals surface area contributed by atoms with Gasteiger partial charge in [-0.1, -0.05) is 23.7 Å². The highest BCUT2D eigenvalue weighted by atomic mass is 35.5. The van der Waals surface area contributed by atoms with E-state index in [1.165, 1.54) is 12.8 Å². The molecule has 1 saturated carbocycles. The largest absolute Gasteiger partial charge is 0.493 e. The van der Waals surface area contributed by atoms with Crippen LogP contribution < -0.4 is 14.8 Å². The first-order valence-corrected chi connectivity index (χ1v) is 9.11. The Morgan fingerprint density at radius 1 is 1.12 bits per heavy atom. The number of nitrogens with zero attached hydrogens (tertiary/aromatic N) is 1. The predicted octanol–water partition coefficient (Wildman–Crippen LogP) is 4.82. The van der Waals surface area contributed by atoms with E-state index in [1.54, 1.807) is 14.2 Å². The van der Waals surface area contributed by atoms with Crippen molar-refractivity contribution in [3.63, 3.8) is 0 Å². The summed E-state index contributed by atoms with van der Waals surface area (Å²) in [7, 11) is 3.30. The summed E-state index contributed by atoms with van der Waals surface area (Å²) in [5.41, 5.74) is 3.82. The molecule has 1 N–H and O–H groups in total. The van der Waals surface area contributed by atoms with Gasteiger partial charge in [-0.25, -0.2) is 4.98 Å². The highest BCUT2D eigenvalue weighted by Crippen LogP contribution is 2.39. The SMILES string of the molecule is COc1cccc(-c2nc3cc(Cl)ccc3cc2CNC2CC2)c1OC. The molecule has 0 radical (unpaired) electrons. The zero-order valence-electron chi connectivity index (χ0n) is 14.9. The van der Waals surface area contributed by atoms with Crippen LogP contribution in [0.4, 0.5) is 0 Å². The molecule has 1 aliphatic rings. The first-order chi connectivity index (χ1) is 12.7. The molecule has 4 nitrogen and oxygen atoms in total. The summed E-state index contributed by atoms with van der Waals surface area (Å²) in [5.74, 6) is 1.38. The van der Waals surface area contributed by atoms with Crippen molar-refractivity contribution in [1.29, 1.82) is 0 Å². The minimum absolute atomic E-state index is 0.621. The van der Waals surface area contributed by atoms with Crippen LogP contribution in [0.5, 0.6) is 11.5 Å². The third-order valence-electron chi connectivity index (χ3n) is 4.68. The van der Waals surface area contributed by atoms with Crippen molar-refractivity contribution in [3.8, 4) is 22.8 Å². The van der Waals surface area contributed by atoms with Crippen LogP contribution in [0, 0.1) is 0 Å². The van der Waals surface area contributed by atoms with Crippen LogP contribution in [0.25, 0.3) is 22.2 Å².